The quantitative estimate of drug-likeness (QED) is 0.235. The molecule has 0 aromatic heterocycles. The number of hydrogen-bond donors (Lipinski definition) is 0. The minimum absolute atomic E-state index is 0.0153. The molecule has 0 heterocycles. The third kappa shape index (κ3) is 6.92. The van der Waals surface area contributed by atoms with E-state index in [0.717, 1.165) is 29.9 Å². The van der Waals surface area contributed by atoms with Crippen LogP contribution in [0, 0.1) is 5.41 Å². The van der Waals surface area contributed by atoms with E-state index in [1.165, 1.54) is 21.7 Å². The van der Waals surface area contributed by atoms with E-state index in [-0.39, 0.29) is 5.41 Å². The van der Waals surface area contributed by atoms with E-state index in [0.29, 0.717) is 0 Å². The number of halogens is 2. The summed E-state index contributed by atoms with van der Waals surface area (Å²) in [5.41, 5.74) is 1.43. The third-order valence-electron chi connectivity index (χ3n) is 4.45. The number of alkyl halides is 2. The highest BCUT2D eigenvalue weighted by atomic mass is 79.9. The van der Waals surface area contributed by atoms with Crippen LogP contribution >= 0.6 is 31.9 Å². The summed E-state index contributed by atoms with van der Waals surface area (Å²) in [6.07, 6.45) is 3.24. The Labute approximate surface area is 183 Å². The van der Waals surface area contributed by atoms with Gasteiger partial charge in [-0.1, -0.05) is 113 Å². The van der Waals surface area contributed by atoms with Crippen LogP contribution in [-0.4, -0.2) is 19.7 Å². The van der Waals surface area contributed by atoms with Crippen molar-refractivity contribution in [2.45, 2.75) is 40.0 Å². The van der Waals surface area contributed by atoms with E-state index in [4.69, 9.17) is 4.43 Å². The fourth-order valence-corrected chi connectivity index (χ4v) is 6.55. The average molecular weight is 510 g/mol. The highest BCUT2D eigenvalue weighted by molar-refractivity contribution is 9.09. The van der Waals surface area contributed by atoms with Crippen LogP contribution in [0.5, 0.6) is 0 Å². The molecule has 0 aliphatic rings. The Kier molecular flexibility index (Phi) is 9.34. The second-order valence-corrected chi connectivity index (χ2v) is 11.6. The molecule has 0 aliphatic heterocycles. The van der Waals surface area contributed by atoms with Gasteiger partial charge in [-0.05, 0) is 35.2 Å². The lowest BCUT2D eigenvalue weighted by Gasteiger charge is -2.31. The van der Waals surface area contributed by atoms with Gasteiger partial charge < -0.3 is 4.43 Å². The van der Waals surface area contributed by atoms with Crippen LogP contribution < -0.4 is 10.4 Å². The van der Waals surface area contributed by atoms with E-state index in [1.807, 2.05) is 0 Å². The first kappa shape index (κ1) is 22.4. The fraction of sp³-hybridized carbons (Fsp3) is 0.391. The van der Waals surface area contributed by atoms with Crippen molar-refractivity contribution < 1.29 is 4.43 Å². The molecular formula is C23H30Br2OSi. The maximum Gasteiger partial charge on any atom is 0.298 e. The second kappa shape index (κ2) is 11.2. The van der Waals surface area contributed by atoms with Crippen LogP contribution in [-0.2, 0) is 4.43 Å². The lowest BCUT2D eigenvalue weighted by Crippen LogP contribution is -2.46. The molecule has 0 unspecified atom stereocenters. The van der Waals surface area contributed by atoms with Crippen molar-refractivity contribution in [1.29, 1.82) is 0 Å². The molecular weight excluding hydrogens is 480 g/mol. The highest BCUT2D eigenvalue weighted by Gasteiger charge is 2.28. The minimum Gasteiger partial charge on any atom is -0.540 e. The molecule has 1 nitrogen and oxygen atoms in total. The summed E-state index contributed by atoms with van der Waals surface area (Å²) in [6, 6.07) is 21.5. The monoisotopic (exact) mass is 508 g/mol. The largest absolute Gasteiger partial charge is 0.540 e. The molecule has 0 bridgehead atoms. The number of allylic oxidation sites excluding steroid dienone is 2. The molecule has 27 heavy (non-hydrogen) atoms. The lowest BCUT2D eigenvalue weighted by atomic mass is 9.88. The molecule has 0 atom stereocenters. The van der Waals surface area contributed by atoms with Gasteiger partial charge in [0, 0.05) is 16.1 Å². The van der Waals surface area contributed by atoms with Gasteiger partial charge in [0.05, 0.1) is 5.76 Å². The normalized spacial score (nSPS) is 12.8. The van der Waals surface area contributed by atoms with Gasteiger partial charge in [0.1, 0.15) is 0 Å². The third-order valence-corrected chi connectivity index (χ3v) is 7.86. The average Bonchev–Trinajstić information content (AvgIpc) is 2.67. The standard InChI is InChI=1S/C23H30Br2OSi/c1-23(2,3)22(19(16-18-25)11-10-17-24)26-27(20-12-6-4-7-13-20)21-14-8-5-9-15-21/h4-9,12-15,27H,10-11,16-18H2,1-3H3. The maximum absolute atomic E-state index is 6.98. The lowest BCUT2D eigenvalue weighted by molar-refractivity contribution is 0.293. The Morgan fingerprint density at radius 3 is 1.74 bits per heavy atom. The minimum atomic E-state index is -1.81. The molecule has 0 amide bonds. The first-order valence-electron chi connectivity index (χ1n) is 9.58. The zero-order valence-electron chi connectivity index (χ0n) is 16.6. The van der Waals surface area contributed by atoms with Crippen molar-refractivity contribution in [1.82, 2.24) is 0 Å². The molecule has 0 aliphatic carbocycles. The van der Waals surface area contributed by atoms with Crippen LogP contribution in [0.2, 0.25) is 0 Å². The van der Waals surface area contributed by atoms with Crippen molar-refractivity contribution in [3.63, 3.8) is 0 Å². The van der Waals surface area contributed by atoms with E-state index in [2.05, 4.69) is 113 Å². The Balaban J connectivity index is 2.49. The zero-order valence-corrected chi connectivity index (χ0v) is 20.9. The fourth-order valence-electron chi connectivity index (χ4n) is 3.24. The number of rotatable bonds is 9. The first-order chi connectivity index (χ1) is 13.0. The summed E-state index contributed by atoms with van der Waals surface area (Å²) >= 11 is 7.23. The van der Waals surface area contributed by atoms with Crippen molar-refractivity contribution in [2.24, 2.45) is 5.41 Å². The SMILES string of the molecule is CC(C)(C)C(O[SiH](c1ccccc1)c1ccccc1)=C(CCBr)CCCBr. The molecule has 146 valence electrons. The van der Waals surface area contributed by atoms with Crippen molar-refractivity contribution in [3.05, 3.63) is 72.0 Å². The van der Waals surface area contributed by atoms with Gasteiger partial charge in [0.15, 0.2) is 0 Å². The maximum atomic E-state index is 6.98. The summed E-state index contributed by atoms with van der Waals surface area (Å²) < 4.78 is 6.98. The Morgan fingerprint density at radius 2 is 1.33 bits per heavy atom. The second-order valence-electron chi connectivity index (χ2n) is 7.73. The molecule has 0 spiro atoms. The molecule has 2 aromatic rings. The van der Waals surface area contributed by atoms with Crippen molar-refractivity contribution >= 4 is 51.3 Å². The van der Waals surface area contributed by atoms with Gasteiger partial charge in [-0.25, -0.2) is 0 Å². The van der Waals surface area contributed by atoms with Gasteiger partial charge in [-0.2, -0.15) is 0 Å². The van der Waals surface area contributed by atoms with Gasteiger partial charge in [-0.15, -0.1) is 0 Å². The zero-order chi connectivity index (χ0) is 19.7. The molecule has 0 radical (unpaired) electrons. The molecule has 4 heteroatoms. The summed E-state index contributed by atoms with van der Waals surface area (Å²) in [6.45, 7) is 6.81. The Hall–Kier alpha value is -0.843. The van der Waals surface area contributed by atoms with Crippen molar-refractivity contribution in [2.75, 3.05) is 10.7 Å². The van der Waals surface area contributed by atoms with E-state index in [1.54, 1.807) is 0 Å². The number of benzene rings is 2. The molecule has 0 N–H and O–H groups in total. The Morgan fingerprint density at radius 1 is 0.815 bits per heavy atom. The van der Waals surface area contributed by atoms with Gasteiger partial charge in [-0.3, -0.25) is 0 Å². The van der Waals surface area contributed by atoms with Crippen LogP contribution in [0.4, 0.5) is 0 Å². The topological polar surface area (TPSA) is 9.23 Å². The van der Waals surface area contributed by atoms with Gasteiger partial charge >= 0.3 is 0 Å². The summed E-state index contributed by atoms with van der Waals surface area (Å²) in [7, 11) is -1.81. The summed E-state index contributed by atoms with van der Waals surface area (Å²) in [5, 5.41) is 4.64. The summed E-state index contributed by atoms with van der Waals surface area (Å²) in [5.74, 6) is 1.19. The molecule has 0 saturated heterocycles. The molecule has 2 aromatic carbocycles. The number of hydrogen-bond acceptors (Lipinski definition) is 1. The van der Waals surface area contributed by atoms with Crippen LogP contribution in [0.15, 0.2) is 72.0 Å². The van der Waals surface area contributed by atoms with Gasteiger partial charge in [0.25, 0.3) is 9.04 Å². The van der Waals surface area contributed by atoms with Crippen LogP contribution in [0.1, 0.15) is 40.0 Å². The van der Waals surface area contributed by atoms with Crippen LogP contribution in [0.25, 0.3) is 0 Å². The Bertz CT molecular complexity index is 669. The van der Waals surface area contributed by atoms with E-state index in [9.17, 15) is 0 Å². The highest BCUT2D eigenvalue weighted by Crippen LogP contribution is 2.33. The van der Waals surface area contributed by atoms with E-state index >= 15 is 0 Å². The van der Waals surface area contributed by atoms with E-state index < -0.39 is 9.04 Å². The first-order valence-corrected chi connectivity index (χ1v) is 13.4. The molecule has 2 rings (SSSR count). The predicted molar refractivity (Wildman–Crippen MR) is 128 cm³/mol. The predicted octanol–water partition coefficient (Wildman–Crippen LogP) is 5.80. The molecule has 0 fully saturated rings. The molecule has 0 saturated carbocycles. The van der Waals surface area contributed by atoms with Crippen LogP contribution in [0.3, 0.4) is 0 Å². The smallest absolute Gasteiger partial charge is 0.298 e. The van der Waals surface area contributed by atoms with Gasteiger partial charge in [0.2, 0.25) is 0 Å². The summed E-state index contributed by atoms with van der Waals surface area (Å²) in [4.78, 5) is 0. The van der Waals surface area contributed by atoms with Crippen molar-refractivity contribution in [3.8, 4) is 0 Å².